The van der Waals surface area contributed by atoms with Crippen LogP contribution in [0.1, 0.15) is 54.3 Å². The Morgan fingerprint density at radius 3 is 2.89 bits per heavy atom. The van der Waals surface area contributed by atoms with Crippen LogP contribution in [0.15, 0.2) is 43.0 Å². The Balaban J connectivity index is 1.26. The van der Waals surface area contributed by atoms with E-state index in [2.05, 4.69) is 15.0 Å². The molecule has 5 heterocycles. The van der Waals surface area contributed by atoms with E-state index in [1.54, 1.807) is 12.5 Å². The van der Waals surface area contributed by atoms with Gasteiger partial charge in [-0.25, -0.2) is 4.98 Å². The number of aromatic amines is 1. The molecule has 2 aliphatic rings. The molecule has 0 radical (unpaired) electrons. The number of imidazole rings is 1. The molecule has 0 saturated carbocycles. The molecule has 0 bridgehead atoms. The molecule has 0 aliphatic carbocycles. The SMILES string of the molecule is CCC(O)c1cc2nccc(-c3cc(Cl)cc4c3OC(C(=O)N3CCC(c5cnc[nH]5)CC3)C4)c2s1. The fourth-order valence-corrected chi connectivity index (χ4v) is 6.75. The van der Waals surface area contributed by atoms with E-state index < -0.39 is 12.2 Å². The highest BCUT2D eigenvalue weighted by molar-refractivity contribution is 7.19. The number of hydrogen-bond donors (Lipinski definition) is 2. The number of H-pyrrole nitrogens is 1. The first-order valence-corrected chi connectivity index (χ1v) is 13.5. The van der Waals surface area contributed by atoms with Crippen molar-refractivity contribution in [3.8, 4) is 16.9 Å². The van der Waals surface area contributed by atoms with Crippen LogP contribution < -0.4 is 4.74 Å². The highest BCUT2D eigenvalue weighted by atomic mass is 35.5. The van der Waals surface area contributed by atoms with E-state index >= 15 is 0 Å². The maximum absolute atomic E-state index is 13.4. The van der Waals surface area contributed by atoms with Crippen LogP contribution in [-0.2, 0) is 11.2 Å². The van der Waals surface area contributed by atoms with Crippen molar-refractivity contribution in [2.24, 2.45) is 0 Å². The lowest BCUT2D eigenvalue weighted by Gasteiger charge is -2.32. The number of amides is 1. The number of carbonyl (C=O) groups excluding carboxylic acids is 1. The summed E-state index contributed by atoms with van der Waals surface area (Å²) in [7, 11) is 0. The fraction of sp³-hybridized carbons (Fsp3) is 0.370. The summed E-state index contributed by atoms with van der Waals surface area (Å²) in [5.74, 6) is 1.14. The number of rotatable bonds is 5. The number of benzene rings is 1. The number of aliphatic hydroxyl groups excluding tert-OH is 1. The first kappa shape index (κ1) is 23.5. The van der Waals surface area contributed by atoms with E-state index in [4.69, 9.17) is 16.3 Å². The largest absolute Gasteiger partial charge is 0.479 e. The summed E-state index contributed by atoms with van der Waals surface area (Å²) in [6, 6.07) is 7.69. The lowest BCUT2D eigenvalue weighted by atomic mass is 9.93. The Morgan fingerprint density at radius 1 is 1.31 bits per heavy atom. The van der Waals surface area contributed by atoms with E-state index in [0.29, 0.717) is 42.6 Å². The minimum absolute atomic E-state index is 0.0284. The first-order chi connectivity index (χ1) is 17.5. The van der Waals surface area contributed by atoms with Gasteiger partial charge in [-0.15, -0.1) is 11.3 Å². The number of hydrogen-bond acceptors (Lipinski definition) is 6. The van der Waals surface area contributed by atoms with Crippen LogP contribution in [-0.4, -0.2) is 50.1 Å². The maximum Gasteiger partial charge on any atom is 0.263 e. The summed E-state index contributed by atoms with van der Waals surface area (Å²) < 4.78 is 7.33. The lowest BCUT2D eigenvalue weighted by molar-refractivity contribution is -0.139. The molecule has 2 unspecified atom stereocenters. The monoisotopic (exact) mass is 522 g/mol. The van der Waals surface area contributed by atoms with Crippen molar-refractivity contribution in [1.29, 1.82) is 0 Å². The van der Waals surface area contributed by atoms with Crippen LogP contribution in [0.25, 0.3) is 21.3 Å². The van der Waals surface area contributed by atoms with Crippen LogP contribution in [0.2, 0.25) is 5.02 Å². The highest BCUT2D eigenvalue weighted by Crippen LogP contribution is 2.45. The molecule has 1 amide bonds. The Bertz CT molecular complexity index is 1410. The smallest absolute Gasteiger partial charge is 0.263 e. The molecule has 1 fully saturated rings. The van der Waals surface area contributed by atoms with Crippen molar-refractivity contribution in [3.05, 3.63) is 64.1 Å². The van der Waals surface area contributed by atoms with Crippen molar-refractivity contribution >= 4 is 39.1 Å². The third kappa shape index (κ3) is 4.17. The number of likely N-dealkylation sites (tertiary alicyclic amines) is 1. The van der Waals surface area contributed by atoms with E-state index in [1.807, 2.05) is 42.3 Å². The predicted molar refractivity (Wildman–Crippen MR) is 141 cm³/mol. The molecule has 0 spiro atoms. The maximum atomic E-state index is 13.4. The van der Waals surface area contributed by atoms with Crippen LogP contribution in [0.5, 0.6) is 5.75 Å². The number of nitrogens with one attached hydrogen (secondary N) is 1. The molecule has 4 aromatic rings. The van der Waals surface area contributed by atoms with Gasteiger partial charge < -0.3 is 19.7 Å². The number of aliphatic hydroxyl groups is 1. The number of piperidine rings is 1. The number of aromatic nitrogens is 3. The average molecular weight is 523 g/mol. The van der Waals surface area contributed by atoms with Gasteiger partial charge in [0.2, 0.25) is 0 Å². The topological polar surface area (TPSA) is 91.3 Å². The number of halogens is 1. The average Bonchev–Trinajstić information content (AvgIpc) is 3.66. The molecule has 6 rings (SSSR count). The summed E-state index contributed by atoms with van der Waals surface area (Å²) in [6.45, 7) is 3.36. The Hall–Kier alpha value is -2.94. The van der Waals surface area contributed by atoms with Crippen molar-refractivity contribution in [3.63, 3.8) is 0 Å². The van der Waals surface area contributed by atoms with Gasteiger partial charge >= 0.3 is 0 Å². The van der Waals surface area contributed by atoms with Gasteiger partial charge in [0, 0.05) is 70.1 Å². The molecule has 3 aromatic heterocycles. The molecule has 1 saturated heterocycles. The molecule has 1 aromatic carbocycles. The summed E-state index contributed by atoms with van der Waals surface area (Å²) >= 11 is 8.08. The molecule has 9 heteroatoms. The number of thiophene rings is 1. The Morgan fingerprint density at radius 2 is 2.14 bits per heavy atom. The normalized spacial score (nSPS) is 18.9. The number of fused-ring (bicyclic) bond motifs is 2. The number of nitrogens with zero attached hydrogens (tertiary/aromatic N) is 3. The molecular weight excluding hydrogens is 496 g/mol. The Labute approximate surface area is 218 Å². The molecular formula is C27H27ClN4O3S. The van der Waals surface area contributed by atoms with Crippen molar-refractivity contribution in [2.75, 3.05) is 13.1 Å². The summed E-state index contributed by atoms with van der Waals surface area (Å²) in [5.41, 5.74) is 4.72. The van der Waals surface area contributed by atoms with E-state index in [0.717, 1.165) is 50.3 Å². The minimum Gasteiger partial charge on any atom is -0.479 e. The molecule has 2 atom stereocenters. The van der Waals surface area contributed by atoms with Crippen LogP contribution in [0, 0.1) is 0 Å². The van der Waals surface area contributed by atoms with Crippen molar-refractivity contribution in [2.45, 2.75) is 50.7 Å². The van der Waals surface area contributed by atoms with Gasteiger partial charge in [-0.3, -0.25) is 9.78 Å². The van der Waals surface area contributed by atoms with Gasteiger partial charge in [0.05, 0.1) is 22.6 Å². The summed E-state index contributed by atoms with van der Waals surface area (Å²) in [5, 5.41) is 11.0. The molecule has 7 nitrogen and oxygen atoms in total. The number of pyridine rings is 1. The quantitative estimate of drug-likeness (QED) is 0.361. The Kier molecular flexibility index (Phi) is 6.19. The molecule has 36 heavy (non-hydrogen) atoms. The van der Waals surface area contributed by atoms with E-state index in [1.165, 1.54) is 11.3 Å². The highest BCUT2D eigenvalue weighted by Gasteiger charge is 2.36. The zero-order chi connectivity index (χ0) is 24.8. The third-order valence-electron chi connectivity index (χ3n) is 7.27. The van der Waals surface area contributed by atoms with Gasteiger partial charge in [-0.05, 0) is 43.5 Å². The summed E-state index contributed by atoms with van der Waals surface area (Å²) in [6.07, 6.45) is 7.23. The van der Waals surface area contributed by atoms with Crippen LogP contribution in [0.4, 0.5) is 0 Å². The van der Waals surface area contributed by atoms with E-state index in [-0.39, 0.29) is 5.91 Å². The second-order valence-electron chi connectivity index (χ2n) is 9.50. The van der Waals surface area contributed by atoms with Crippen LogP contribution >= 0.6 is 22.9 Å². The zero-order valence-electron chi connectivity index (χ0n) is 19.9. The van der Waals surface area contributed by atoms with Gasteiger partial charge in [0.1, 0.15) is 5.75 Å². The second kappa shape index (κ2) is 9.50. The number of ether oxygens (including phenoxy) is 1. The zero-order valence-corrected chi connectivity index (χ0v) is 21.5. The standard InChI is InChI=1S/C27H27ClN4O3S/c1-2-22(33)24-12-20-26(36-24)18(3-6-30-20)19-11-17(28)9-16-10-23(35-25(16)19)27(34)32-7-4-15(5-8-32)21-13-29-14-31-21/h3,6,9,11-15,22-23,33H,2,4-5,7-8,10H2,1H3,(H,29,31). The predicted octanol–water partition coefficient (Wildman–Crippen LogP) is 5.49. The van der Waals surface area contributed by atoms with Gasteiger partial charge in [0.15, 0.2) is 6.10 Å². The summed E-state index contributed by atoms with van der Waals surface area (Å²) in [4.78, 5) is 28.1. The van der Waals surface area contributed by atoms with Crippen molar-refractivity contribution < 1.29 is 14.6 Å². The lowest BCUT2D eigenvalue weighted by Crippen LogP contribution is -2.45. The first-order valence-electron chi connectivity index (χ1n) is 12.3. The minimum atomic E-state index is -0.556. The van der Waals surface area contributed by atoms with E-state index in [9.17, 15) is 9.90 Å². The molecule has 186 valence electrons. The van der Waals surface area contributed by atoms with Crippen molar-refractivity contribution in [1.82, 2.24) is 19.9 Å². The van der Waals surface area contributed by atoms with Gasteiger partial charge in [-0.2, -0.15) is 0 Å². The third-order valence-corrected chi connectivity index (χ3v) is 8.75. The molecule has 2 N–H and O–H groups in total. The van der Waals surface area contributed by atoms with Gasteiger partial charge in [0.25, 0.3) is 5.91 Å². The van der Waals surface area contributed by atoms with Gasteiger partial charge in [-0.1, -0.05) is 18.5 Å². The fourth-order valence-electron chi connectivity index (χ4n) is 5.30. The van der Waals surface area contributed by atoms with Crippen LogP contribution in [0.3, 0.4) is 0 Å². The number of carbonyl (C=O) groups is 1. The second-order valence-corrected chi connectivity index (χ2v) is 11.0. The molecule has 2 aliphatic heterocycles.